The van der Waals surface area contributed by atoms with Crippen molar-refractivity contribution in [3.63, 3.8) is 0 Å². The van der Waals surface area contributed by atoms with Gasteiger partial charge in [-0.3, -0.25) is 14.4 Å². The molecular weight excluding hydrogens is 372 g/mol. The number of hydrogen-bond acceptors (Lipinski definition) is 5. The van der Waals surface area contributed by atoms with E-state index in [1.165, 1.54) is 4.90 Å². The lowest BCUT2D eigenvalue weighted by molar-refractivity contribution is -0.147. The molecule has 152 valence electrons. The molecule has 0 fully saturated rings. The van der Waals surface area contributed by atoms with Crippen LogP contribution in [0.5, 0.6) is 5.75 Å². The van der Waals surface area contributed by atoms with Crippen molar-refractivity contribution in [2.45, 2.75) is 26.3 Å². The highest BCUT2D eigenvalue weighted by molar-refractivity contribution is 5.98. The second-order valence-electron chi connectivity index (χ2n) is 6.91. The number of esters is 1. The second-order valence-corrected chi connectivity index (χ2v) is 6.91. The monoisotopic (exact) mass is 396 g/mol. The fraction of sp³-hybridized carbons (Fsp3) is 0.318. The molecule has 1 aliphatic rings. The smallest absolute Gasteiger partial charge is 0.308 e. The average molecular weight is 396 g/mol. The summed E-state index contributed by atoms with van der Waals surface area (Å²) in [4.78, 5) is 40.0. The van der Waals surface area contributed by atoms with Crippen molar-refractivity contribution in [1.29, 1.82) is 0 Å². The molecule has 0 saturated heterocycles. The summed E-state index contributed by atoms with van der Waals surface area (Å²) < 4.78 is 10.6. The number of benzene rings is 2. The molecule has 3 rings (SSSR count). The Morgan fingerprint density at radius 2 is 1.79 bits per heavy atom. The van der Waals surface area contributed by atoms with E-state index in [1.54, 1.807) is 23.1 Å². The van der Waals surface area contributed by atoms with E-state index in [-0.39, 0.29) is 44.0 Å². The Labute approximate surface area is 169 Å². The molecule has 1 heterocycles. The minimum Gasteiger partial charge on any atom is -0.482 e. The molecule has 7 heteroatoms. The van der Waals surface area contributed by atoms with Gasteiger partial charge in [-0.15, -0.1) is 0 Å². The van der Waals surface area contributed by atoms with E-state index >= 15 is 0 Å². The molecular formula is C22H24N2O5. The van der Waals surface area contributed by atoms with E-state index in [9.17, 15) is 14.4 Å². The predicted octanol–water partition coefficient (Wildman–Crippen LogP) is 2.79. The van der Waals surface area contributed by atoms with E-state index in [4.69, 9.17) is 9.47 Å². The van der Waals surface area contributed by atoms with Crippen LogP contribution in [0, 0.1) is 0 Å². The first-order valence-electron chi connectivity index (χ1n) is 9.52. The summed E-state index contributed by atoms with van der Waals surface area (Å²) in [5, 5.41) is 0. The van der Waals surface area contributed by atoms with Crippen LogP contribution in [-0.2, 0) is 19.1 Å². The highest BCUT2D eigenvalue weighted by Crippen LogP contribution is 2.31. The molecule has 2 amide bonds. The maximum absolute atomic E-state index is 12.6. The molecule has 7 nitrogen and oxygen atoms in total. The summed E-state index contributed by atoms with van der Waals surface area (Å²) in [7, 11) is 0. The van der Waals surface area contributed by atoms with E-state index in [1.807, 2.05) is 50.2 Å². The molecule has 2 aromatic rings. The summed E-state index contributed by atoms with van der Waals surface area (Å²) in [6.07, 6.45) is -0.0135. The van der Waals surface area contributed by atoms with Crippen LogP contribution in [0.1, 0.15) is 20.3 Å². The van der Waals surface area contributed by atoms with E-state index in [0.717, 1.165) is 5.69 Å². The number of para-hydroxylation sites is 3. The third-order valence-electron chi connectivity index (χ3n) is 4.52. The van der Waals surface area contributed by atoms with Crippen LogP contribution in [0.4, 0.5) is 11.4 Å². The minimum absolute atomic E-state index is 0.0135. The third-order valence-corrected chi connectivity index (χ3v) is 4.52. The van der Waals surface area contributed by atoms with Gasteiger partial charge in [0.2, 0.25) is 0 Å². The van der Waals surface area contributed by atoms with Crippen molar-refractivity contribution >= 4 is 29.2 Å². The fourth-order valence-electron chi connectivity index (χ4n) is 3.20. The number of anilines is 2. The topological polar surface area (TPSA) is 76.2 Å². The molecule has 2 aromatic carbocycles. The number of hydrogen-bond donors (Lipinski definition) is 0. The fourth-order valence-corrected chi connectivity index (χ4v) is 3.20. The van der Waals surface area contributed by atoms with Crippen LogP contribution in [0.15, 0.2) is 54.6 Å². The number of rotatable bonds is 7. The number of amides is 2. The Hall–Kier alpha value is -3.35. The van der Waals surface area contributed by atoms with Gasteiger partial charge in [0.05, 0.1) is 12.1 Å². The van der Waals surface area contributed by atoms with Crippen molar-refractivity contribution < 1.29 is 23.9 Å². The van der Waals surface area contributed by atoms with Gasteiger partial charge in [0.25, 0.3) is 11.8 Å². The van der Waals surface area contributed by atoms with Gasteiger partial charge in [0.1, 0.15) is 5.75 Å². The summed E-state index contributed by atoms with van der Waals surface area (Å²) in [5.74, 6) is -0.451. The van der Waals surface area contributed by atoms with E-state index in [2.05, 4.69) is 0 Å². The summed E-state index contributed by atoms with van der Waals surface area (Å²) in [6, 6.07) is 16.3. The van der Waals surface area contributed by atoms with Crippen molar-refractivity contribution in [1.82, 2.24) is 0 Å². The van der Waals surface area contributed by atoms with Crippen molar-refractivity contribution in [3.8, 4) is 5.75 Å². The van der Waals surface area contributed by atoms with Crippen LogP contribution < -0.4 is 14.5 Å². The second kappa shape index (κ2) is 9.23. The van der Waals surface area contributed by atoms with Gasteiger partial charge in [-0.1, -0.05) is 30.3 Å². The molecule has 0 saturated carbocycles. The zero-order chi connectivity index (χ0) is 20.8. The lowest BCUT2D eigenvalue weighted by Gasteiger charge is -2.29. The molecule has 0 N–H and O–H groups in total. The predicted molar refractivity (Wildman–Crippen MR) is 109 cm³/mol. The first-order chi connectivity index (χ1) is 14.0. The molecule has 0 bridgehead atoms. The number of nitrogens with zero attached hydrogens (tertiary/aromatic N) is 2. The molecule has 0 aromatic heterocycles. The standard InChI is InChI=1S/C22H24N2O5/c1-16(2)24(17-8-4-3-5-9-17)21(26)15-29-22(27)12-13-23-18-10-6-7-11-19(18)28-14-20(23)25/h3-11,16H,12-15H2,1-2H3. The molecule has 0 atom stereocenters. The molecule has 0 aliphatic carbocycles. The lowest BCUT2D eigenvalue weighted by atomic mass is 10.2. The minimum atomic E-state index is -0.535. The van der Waals surface area contributed by atoms with Crippen molar-refractivity contribution in [3.05, 3.63) is 54.6 Å². The quantitative estimate of drug-likeness (QED) is 0.673. The molecule has 1 aliphatic heterocycles. The van der Waals surface area contributed by atoms with E-state index in [0.29, 0.717) is 11.4 Å². The number of carbonyl (C=O) groups is 3. The SMILES string of the molecule is CC(C)N(C(=O)COC(=O)CCN1C(=O)COc2ccccc21)c1ccccc1. The van der Waals surface area contributed by atoms with Gasteiger partial charge in [0.15, 0.2) is 13.2 Å². The molecule has 0 unspecified atom stereocenters. The normalized spacial score (nSPS) is 12.9. The maximum Gasteiger partial charge on any atom is 0.308 e. The third kappa shape index (κ3) is 4.93. The highest BCUT2D eigenvalue weighted by atomic mass is 16.5. The summed E-state index contributed by atoms with van der Waals surface area (Å²) in [6.45, 7) is 3.55. The Morgan fingerprint density at radius 1 is 1.10 bits per heavy atom. The number of ether oxygens (including phenoxy) is 2. The van der Waals surface area contributed by atoms with Crippen LogP contribution in [0.25, 0.3) is 0 Å². The van der Waals surface area contributed by atoms with Crippen LogP contribution in [0.3, 0.4) is 0 Å². The largest absolute Gasteiger partial charge is 0.482 e. The van der Waals surface area contributed by atoms with Crippen molar-refractivity contribution in [2.24, 2.45) is 0 Å². The highest BCUT2D eigenvalue weighted by Gasteiger charge is 2.26. The van der Waals surface area contributed by atoms with Gasteiger partial charge in [-0.05, 0) is 38.1 Å². The lowest BCUT2D eigenvalue weighted by Crippen LogP contribution is -2.41. The van der Waals surface area contributed by atoms with Gasteiger partial charge < -0.3 is 19.3 Å². The van der Waals surface area contributed by atoms with Gasteiger partial charge in [-0.2, -0.15) is 0 Å². The molecule has 0 radical (unpaired) electrons. The Bertz CT molecular complexity index is 882. The van der Waals surface area contributed by atoms with Crippen LogP contribution >= 0.6 is 0 Å². The number of fused-ring (bicyclic) bond motifs is 1. The first kappa shape index (κ1) is 20.4. The Kier molecular flexibility index (Phi) is 6.49. The Balaban J connectivity index is 1.55. The average Bonchev–Trinajstić information content (AvgIpc) is 2.72. The van der Waals surface area contributed by atoms with Crippen LogP contribution in [-0.4, -0.2) is 43.6 Å². The van der Waals surface area contributed by atoms with Gasteiger partial charge in [0, 0.05) is 18.3 Å². The maximum atomic E-state index is 12.6. The Morgan fingerprint density at radius 3 is 2.52 bits per heavy atom. The molecule has 0 spiro atoms. The van der Waals surface area contributed by atoms with Gasteiger partial charge in [-0.25, -0.2) is 0 Å². The van der Waals surface area contributed by atoms with Gasteiger partial charge >= 0.3 is 5.97 Å². The number of carbonyl (C=O) groups excluding carboxylic acids is 3. The molecule has 29 heavy (non-hydrogen) atoms. The van der Waals surface area contributed by atoms with Crippen LogP contribution in [0.2, 0.25) is 0 Å². The van der Waals surface area contributed by atoms with Crippen molar-refractivity contribution in [2.75, 3.05) is 29.6 Å². The zero-order valence-corrected chi connectivity index (χ0v) is 16.5. The first-order valence-corrected chi connectivity index (χ1v) is 9.52. The summed E-state index contributed by atoms with van der Waals surface area (Å²) in [5.41, 5.74) is 1.38. The zero-order valence-electron chi connectivity index (χ0n) is 16.5. The summed E-state index contributed by atoms with van der Waals surface area (Å²) >= 11 is 0. The van der Waals surface area contributed by atoms with E-state index < -0.39 is 5.97 Å².